The van der Waals surface area contributed by atoms with E-state index >= 15 is 0 Å². The lowest BCUT2D eigenvalue weighted by Crippen LogP contribution is -2.24. The van der Waals surface area contributed by atoms with E-state index in [0.717, 1.165) is 23.1 Å². The number of benzene rings is 1. The minimum absolute atomic E-state index is 0.0398. The number of carbonyl (C=O) groups is 1. The molecule has 1 aliphatic rings. The second-order valence-electron chi connectivity index (χ2n) is 7.06. The Kier molecular flexibility index (Phi) is 5.80. The third-order valence-corrected chi connectivity index (χ3v) is 5.14. The Morgan fingerprint density at radius 1 is 1.40 bits per heavy atom. The molecule has 1 unspecified atom stereocenters. The first-order valence-corrected chi connectivity index (χ1v) is 9.92. The van der Waals surface area contributed by atoms with E-state index in [0.29, 0.717) is 36.6 Å². The molecule has 0 saturated carbocycles. The van der Waals surface area contributed by atoms with Crippen molar-refractivity contribution in [2.45, 2.75) is 26.2 Å². The fraction of sp³-hybridized carbons (Fsp3) is 0.381. The second kappa shape index (κ2) is 8.66. The van der Waals surface area contributed by atoms with Gasteiger partial charge in [0.15, 0.2) is 0 Å². The largest absolute Gasteiger partial charge is 0.489 e. The van der Waals surface area contributed by atoms with E-state index < -0.39 is 5.82 Å². The molecule has 0 saturated heterocycles. The number of aryl methyl sites for hydroxylation is 1. The summed E-state index contributed by atoms with van der Waals surface area (Å²) in [6.07, 6.45) is 3.41. The number of hydrogen-bond donors (Lipinski definition) is 3. The lowest BCUT2D eigenvalue weighted by molar-refractivity contribution is -0.148. The number of fused-ring (bicyclic) bond motifs is 3. The summed E-state index contributed by atoms with van der Waals surface area (Å²) < 4.78 is 24.3. The Hall–Kier alpha value is -3.20. The maximum Gasteiger partial charge on any atom is 0.309 e. The van der Waals surface area contributed by atoms with Gasteiger partial charge in [-0.05, 0) is 43.9 Å². The normalized spacial score (nSPS) is 15.6. The van der Waals surface area contributed by atoms with Gasteiger partial charge < -0.3 is 24.9 Å². The van der Waals surface area contributed by atoms with E-state index in [1.165, 1.54) is 18.5 Å². The molecular formula is C21H23FN4O4. The standard InChI is InChI=1S/C21H23FN4O4/c1-2-29-21(28)12-3-5-15-14(9-12)18-19(25-15)23-11-24-20(18)26-16-6-4-13(22)10-17(16)30-8-7-27/h4,6,10-12,27H,2-3,5,7-9H2,1H3,(H2,23,24,25,26). The van der Waals surface area contributed by atoms with E-state index in [-0.39, 0.29) is 30.9 Å². The minimum Gasteiger partial charge on any atom is -0.489 e. The van der Waals surface area contributed by atoms with Crippen molar-refractivity contribution in [2.75, 3.05) is 25.1 Å². The highest BCUT2D eigenvalue weighted by Crippen LogP contribution is 2.37. The van der Waals surface area contributed by atoms with Crippen LogP contribution in [0.25, 0.3) is 11.0 Å². The molecule has 2 aromatic heterocycles. The van der Waals surface area contributed by atoms with Crippen molar-refractivity contribution in [3.05, 3.63) is 41.6 Å². The van der Waals surface area contributed by atoms with Crippen molar-refractivity contribution in [3.8, 4) is 5.75 Å². The van der Waals surface area contributed by atoms with Gasteiger partial charge in [-0.3, -0.25) is 4.79 Å². The molecule has 158 valence electrons. The predicted octanol–water partition coefficient (Wildman–Crippen LogP) is 2.88. The van der Waals surface area contributed by atoms with Gasteiger partial charge in [-0.15, -0.1) is 0 Å². The van der Waals surface area contributed by atoms with Gasteiger partial charge in [-0.1, -0.05) is 0 Å². The zero-order valence-corrected chi connectivity index (χ0v) is 16.6. The van der Waals surface area contributed by atoms with Gasteiger partial charge in [-0.2, -0.15) is 0 Å². The number of carbonyl (C=O) groups excluding carboxylic acids is 1. The highest BCUT2D eigenvalue weighted by atomic mass is 19.1. The Balaban J connectivity index is 1.70. The SMILES string of the molecule is CCOC(=O)C1CCc2[nH]c3ncnc(Nc4ccc(F)cc4OCCO)c3c2C1. The maximum atomic E-state index is 13.7. The topological polar surface area (TPSA) is 109 Å². The second-order valence-corrected chi connectivity index (χ2v) is 7.06. The van der Waals surface area contributed by atoms with E-state index in [9.17, 15) is 9.18 Å². The summed E-state index contributed by atoms with van der Waals surface area (Å²) in [6.45, 7) is 2.01. The number of rotatable bonds is 7. The van der Waals surface area contributed by atoms with Crippen molar-refractivity contribution in [2.24, 2.45) is 5.92 Å². The molecule has 0 bridgehead atoms. The Morgan fingerprint density at radius 2 is 2.27 bits per heavy atom. The summed E-state index contributed by atoms with van der Waals surface area (Å²) in [7, 11) is 0. The van der Waals surface area contributed by atoms with Crippen LogP contribution in [-0.2, 0) is 22.4 Å². The quantitative estimate of drug-likeness (QED) is 0.510. The third-order valence-electron chi connectivity index (χ3n) is 5.14. The molecule has 1 aliphatic carbocycles. The van der Waals surface area contributed by atoms with Gasteiger partial charge in [0.05, 0.1) is 30.2 Å². The van der Waals surface area contributed by atoms with Crippen molar-refractivity contribution < 1.29 is 23.8 Å². The van der Waals surface area contributed by atoms with Crippen LogP contribution in [0.2, 0.25) is 0 Å². The first kappa shape index (κ1) is 20.1. The Bertz CT molecular complexity index is 1070. The summed E-state index contributed by atoms with van der Waals surface area (Å²) in [6, 6.07) is 4.12. The Morgan fingerprint density at radius 3 is 3.07 bits per heavy atom. The van der Waals surface area contributed by atoms with Gasteiger partial charge in [0.2, 0.25) is 0 Å². The Labute approximate surface area is 172 Å². The van der Waals surface area contributed by atoms with Crippen LogP contribution in [0.3, 0.4) is 0 Å². The number of aromatic amines is 1. The number of aliphatic hydroxyl groups excluding tert-OH is 1. The fourth-order valence-electron chi connectivity index (χ4n) is 3.80. The lowest BCUT2D eigenvalue weighted by Gasteiger charge is -2.21. The van der Waals surface area contributed by atoms with Gasteiger partial charge >= 0.3 is 5.97 Å². The van der Waals surface area contributed by atoms with E-state index in [2.05, 4.69) is 20.3 Å². The molecule has 0 amide bonds. The number of halogens is 1. The monoisotopic (exact) mass is 414 g/mol. The summed E-state index contributed by atoms with van der Waals surface area (Å²) in [5, 5.41) is 13.0. The lowest BCUT2D eigenvalue weighted by atomic mass is 9.86. The molecule has 8 nitrogen and oxygen atoms in total. The van der Waals surface area contributed by atoms with Crippen LogP contribution in [0.5, 0.6) is 5.75 Å². The summed E-state index contributed by atoms with van der Waals surface area (Å²) in [5.74, 6) is -0.0504. The molecule has 3 N–H and O–H groups in total. The molecule has 0 aliphatic heterocycles. The molecule has 1 aromatic carbocycles. The number of H-pyrrole nitrogens is 1. The third kappa shape index (κ3) is 3.93. The van der Waals surface area contributed by atoms with Crippen LogP contribution >= 0.6 is 0 Å². The minimum atomic E-state index is -0.447. The number of ether oxygens (including phenoxy) is 2. The van der Waals surface area contributed by atoms with Gasteiger partial charge in [-0.25, -0.2) is 14.4 Å². The number of nitrogens with one attached hydrogen (secondary N) is 2. The average Bonchev–Trinajstić information content (AvgIpc) is 3.12. The molecule has 1 atom stereocenters. The smallest absolute Gasteiger partial charge is 0.309 e. The summed E-state index contributed by atoms with van der Waals surface area (Å²) in [4.78, 5) is 24.3. The number of esters is 1. The molecule has 3 aromatic rings. The van der Waals surface area contributed by atoms with Crippen molar-refractivity contribution in [1.29, 1.82) is 0 Å². The number of anilines is 2. The molecule has 0 radical (unpaired) electrons. The van der Waals surface area contributed by atoms with Crippen LogP contribution in [0.15, 0.2) is 24.5 Å². The van der Waals surface area contributed by atoms with Crippen molar-refractivity contribution >= 4 is 28.5 Å². The molecule has 30 heavy (non-hydrogen) atoms. The number of aromatic nitrogens is 3. The van der Waals surface area contributed by atoms with Crippen LogP contribution in [-0.4, -0.2) is 45.8 Å². The molecule has 9 heteroatoms. The molecular weight excluding hydrogens is 391 g/mol. The van der Waals surface area contributed by atoms with Crippen LogP contribution in [0, 0.1) is 11.7 Å². The van der Waals surface area contributed by atoms with E-state index in [4.69, 9.17) is 14.6 Å². The first-order chi connectivity index (χ1) is 14.6. The maximum absolute atomic E-state index is 13.7. The van der Waals surface area contributed by atoms with E-state index in [1.807, 2.05) is 0 Å². The number of nitrogens with zero attached hydrogens (tertiary/aromatic N) is 2. The number of hydrogen-bond acceptors (Lipinski definition) is 7. The molecule has 2 heterocycles. The molecule has 0 spiro atoms. The summed E-state index contributed by atoms with van der Waals surface area (Å²) in [5.41, 5.74) is 3.20. The van der Waals surface area contributed by atoms with Crippen LogP contribution in [0.1, 0.15) is 24.6 Å². The zero-order valence-electron chi connectivity index (χ0n) is 16.6. The van der Waals surface area contributed by atoms with Gasteiger partial charge in [0, 0.05) is 11.8 Å². The fourth-order valence-corrected chi connectivity index (χ4v) is 3.80. The molecule has 0 fully saturated rings. The molecule has 4 rings (SSSR count). The van der Waals surface area contributed by atoms with E-state index in [1.54, 1.807) is 13.0 Å². The average molecular weight is 414 g/mol. The van der Waals surface area contributed by atoms with Crippen molar-refractivity contribution in [3.63, 3.8) is 0 Å². The van der Waals surface area contributed by atoms with Crippen LogP contribution in [0.4, 0.5) is 15.9 Å². The summed E-state index contributed by atoms with van der Waals surface area (Å²) >= 11 is 0. The van der Waals surface area contributed by atoms with Gasteiger partial charge in [0.1, 0.15) is 36.0 Å². The zero-order chi connectivity index (χ0) is 21.1. The first-order valence-electron chi connectivity index (χ1n) is 9.92. The van der Waals surface area contributed by atoms with Crippen molar-refractivity contribution in [1.82, 2.24) is 15.0 Å². The van der Waals surface area contributed by atoms with Gasteiger partial charge in [0.25, 0.3) is 0 Å². The predicted molar refractivity (Wildman–Crippen MR) is 108 cm³/mol. The number of aliphatic hydroxyl groups is 1. The highest BCUT2D eigenvalue weighted by molar-refractivity contribution is 5.94. The highest BCUT2D eigenvalue weighted by Gasteiger charge is 2.30. The van der Waals surface area contributed by atoms with Crippen LogP contribution < -0.4 is 10.1 Å².